The molecule has 0 unspecified atom stereocenters. The summed E-state index contributed by atoms with van der Waals surface area (Å²) < 4.78 is 1.89. The minimum Gasteiger partial charge on any atom is -0.392 e. The Kier molecular flexibility index (Phi) is 5.36. The van der Waals surface area contributed by atoms with Crippen molar-refractivity contribution in [1.82, 2.24) is 19.6 Å². The summed E-state index contributed by atoms with van der Waals surface area (Å²) in [6, 6.07) is 0. The van der Waals surface area contributed by atoms with Crippen LogP contribution < -0.4 is 0 Å². The van der Waals surface area contributed by atoms with Crippen LogP contribution >= 0.6 is 0 Å². The zero-order valence-corrected chi connectivity index (χ0v) is 13.2. The lowest BCUT2D eigenvalue weighted by molar-refractivity contribution is -0.132. The van der Waals surface area contributed by atoms with Gasteiger partial charge in [0.15, 0.2) is 0 Å². The van der Waals surface area contributed by atoms with Crippen molar-refractivity contribution in [2.75, 3.05) is 26.7 Å². The van der Waals surface area contributed by atoms with Crippen LogP contribution in [0, 0.1) is 6.92 Å². The van der Waals surface area contributed by atoms with E-state index in [0.29, 0.717) is 19.6 Å². The van der Waals surface area contributed by atoms with Crippen molar-refractivity contribution < 1.29 is 9.90 Å². The highest BCUT2D eigenvalue weighted by Gasteiger charge is 2.21. The second-order valence-electron chi connectivity index (χ2n) is 5.88. The monoisotopic (exact) mass is 294 g/mol. The molecule has 21 heavy (non-hydrogen) atoms. The molecule has 0 saturated carbocycles. The Morgan fingerprint density at radius 1 is 1.57 bits per heavy atom. The summed E-state index contributed by atoms with van der Waals surface area (Å²) in [6.45, 7) is 7.32. The number of carbonyl (C=O) groups is 1. The molecular weight excluding hydrogens is 268 g/mol. The molecule has 0 radical (unpaired) electrons. The fraction of sp³-hybridized carbons (Fsp3) is 0.733. The van der Waals surface area contributed by atoms with Crippen molar-refractivity contribution in [3.63, 3.8) is 0 Å². The van der Waals surface area contributed by atoms with E-state index in [0.717, 1.165) is 37.2 Å². The lowest BCUT2D eigenvalue weighted by Gasteiger charge is -2.30. The second-order valence-corrected chi connectivity index (χ2v) is 5.88. The molecule has 1 aromatic heterocycles. The zero-order valence-electron chi connectivity index (χ0n) is 13.2. The van der Waals surface area contributed by atoms with Gasteiger partial charge in [0.1, 0.15) is 0 Å². The largest absolute Gasteiger partial charge is 0.392 e. The van der Waals surface area contributed by atoms with Crippen LogP contribution in [0.3, 0.4) is 0 Å². The van der Waals surface area contributed by atoms with E-state index >= 15 is 0 Å². The summed E-state index contributed by atoms with van der Waals surface area (Å²) in [6.07, 6.45) is 3.52. The number of amides is 1. The van der Waals surface area contributed by atoms with Crippen molar-refractivity contribution in [1.29, 1.82) is 0 Å². The molecule has 1 fully saturated rings. The number of aliphatic hydroxyl groups excluding tert-OH is 1. The minimum atomic E-state index is -0.290. The molecule has 0 spiro atoms. The van der Waals surface area contributed by atoms with Crippen LogP contribution in [0.2, 0.25) is 0 Å². The third-order valence-electron chi connectivity index (χ3n) is 4.04. The van der Waals surface area contributed by atoms with Crippen molar-refractivity contribution in [3.8, 4) is 0 Å². The molecule has 1 saturated heterocycles. The summed E-state index contributed by atoms with van der Waals surface area (Å²) in [4.78, 5) is 16.1. The van der Waals surface area contributed by atoms with Crippen LogP contribution in [0.5, 0.6) is 0 Å². The third kappa shape index (κ3) is 4.28. The Morgan fingerprint density at radius 3 is 2.95 bits per heavy atom. The van der Waals surface area contributed by atoms with Gasteiger partial charge in [0.25, 0.3) is 0 Å². The van der Waals surface area contributed by atoms with Gasteiger partial charge in [0.2, 0.25) is 5.91 Å². The van der Waals surface area contributed by atoms with E-state index in [1.54, 1.807) is 4.90 Å². The van der Waals surface area contributed by atoms with Gasteiger partial charge >= 0.3 is 0 Å². The van der Waals surface area contributed by atoms with Crippen LogP contribution in [-0.2, 0) is 17.9 Å². The molecule has 2 heterocycles. The summed E-state index contributed by atoms with van der Waals surface area (Å²) in [7, 11) is 1.82. The Bertz CT molecular complexity index is 486. The number of carbonyl (C=O) groups excluding carboxylic acids is 1. The first-order chi connectivity index (χ1) is 9.99. The normalized spacial score (nSPS) is 19.7. The molecule has 1 aromatic rings. The molecule has 0 aromatic carbocycles. The van der Waals surface area contributed by atoms with Crippen LogP contribution in [0.25, 0.3) is 0 Å². The van der Waals surface area contributed by atoms with Crippen LogP contribution in [0.1, 0.15) is 31.0 Å². The van der Waals surface area contributed by atoms with Gasteiger partial charge in [0.05, 0.1) is 18.3 Å². The van der Waals surface area contributed by atoms with Crippen molar-refractivity contribution in [2.24, 2.45) is 0 Å². The third-order valence-corrected chi connectivity index (χ3v) is 4.04. The number of aliphatic hydroxyl groups is 1. The van der Waals surface area contributed by atoms with Crippen LogP contribution in [0.15, 0.2) is 6.20 Å². The van der Waals surface area contributed by atoms with Crippen molar-refractivity contribution in [3.05, 3.63) is 17.5 Å². The average molecular weight is 294 g/mol. The van der Waals surface area contributed by atoms with E-state index in [2.05, 4.69) is 5.10 Å². The smallest absolute Gasteiger partial charge is 0.236 e. The SMILES string of the molecule is CCn1cc(CN(C)C(=O)CN2CCC[C@H](O)C2)c(C)n1. The lowest BCUT2D eigenvalue weighted by atomic mass is 10.1. The molecule has 1 aliphatic rings. The Balaban J connectivity index is 1.88. The maximum atomic E-state index is 12.3. The standard InChI is InChI=1S/C15H26N4O2/c1-4-19-9-13(12(2)16-19)8-17(3)15(21)11-18-7-5-6-14(20)10-18/h9,14,20H,4-8,10-11H2,1-3H3/t14-/m0/s1. The van der Waals surface area contributed by atoms with Gasteiger partial charge in [-0.1, -0.05) is 0 Å². The first-order valence-electron chi connectivity index (χ1n) is 7.67. The molecular formula is C15H26N4O2. The first kappa shape index (κ1) is 16.0. The van der Waals surface area contributed by atoms with Gasteiger partial charge in [-0.05, 0) is 33.2 Å². The Hall–Kier alpha value is -1.40. The Morgan fingerprint density at radius 2 is 2.33 bits per heavy atom. The van der Waals surface area contributed by atoms with Gasteiger partial charge in [-0.25, -0.2) is 0 Å². The highest BCUT2D eigenvalue weighted by Crippen LogP contribution is 2.12. The fourth-order valence-electron chi connectivity index (χ4n) is 2.71. The number of hydrogen-bond donors (Lipinski definition) is 1. The predicted octanol–water partition coefficient (Wildman–Crippen LogP) is 0.627. The fourth-order valence-corrected chi connectivity index (χ4v) is 2.71. The number of hydrogen-bond acceptors (Lipinski definition) is 4. The molecule has 2 rings (SSSR count). The van der Waals surface area contributed by atoms with Gasteiger partial charge in [-0.15, -0.1) is 0 Å². The molecule has 0 aliphatic carbocycles. The van der Waals surface area contributed by atoms with Crippen LogP contribution in [0.4, 0.5) is 0 Å². The number of piperidine rings is 1. The molecule has 6 nitrogen and oxygen atoms in total. The molecule has 1 N–H and O–H groups in total. The highest BCUT2D eigenvalue weighted by molar-refractivity contribution is 5.78. The number of rotatable bonds is 5. The number of aryl methyl sites for hydroxylation is 2. The predicted molar refractivity (Wildman–Crippen MR) is 80.8 cm³/mol. The van der Waals surface area contributed by atoms with Gasteiger partial charge in [0, 0.05) is 38.4 Å². The van der Waals surface area contributed by atoms with Gasteiger partial charge in [-0.2, -0.15) is 5.10 Å². The molecule has 6 heteroatoms. The van der Waals surface area contributed by atoms with Crippen LogP contribution in [-0.4, -0.2) is 63.4 Å². The highest BCUT2D eigenvalue weighted by atomic mass is 16.3. The Labute approximate surface area is 126 Å². The quantitative estimate of drug-likeness (QED) is 0.865. The summed E-state index contributed by atoms with van der Waals surface area (Å²) >= 11 is 0. The van der Waals surface area contributed by atoms with Gasteiger partial charge < -0.3 is 10.0 Å². The number of aromatic nitrogens is 2. The maximum absolute atomic E-state index is 12.3. The minimum absolute atomic E-state index is 0.0905. The average Bonchev–Trinajstić information content (AvgIpc) is 2.79. The summed E-state index contributed by atoms with van der Waals surface area (Å²) in [5.74, 6) is 0.0905. The number of nitrogens with zero attached hydrogens (tertiary/aromatic N) is 4. The zero-order chi connectivity index (χ0) is 15.4. The lowest BCUT2D eigenvalue weighted by Crippen LogP contribution is -2.44. The van der Waals surface area contributed by atoms with E-state index in [1.807, 2.05) is 36.7 Å². The second kappa shape index (κ2) is 7.04. The molecule has 1 aliphatic heterocycles. The van der Waals surface area contributed by atoms with Crippen molar-refractivity contribution in [2.45, 2.75) is 45.9 Å². The van der Waals surface area contributed by atoms with Gasteiger partial charge in [-0.3, -0.25) is 14.4 Å². The molecule has 1 atom stereocenters. The topological polar surface area (TPSA) is 61.6 Å². The van der Waals surface area contributed by atoms with E-state index < -0.39 is 0 Å². The van der Waals surface area contributed by atoms with Crippen molar-refractivity contribution >= 4 is 5.91 Å². The van der Waals surface area contributed by atoms with E-state index in [9.17, 15) is 9.90 Å². The molecule has 0 bridgehead atoms. The number of likely N-dealkylation sites (N-methyl/N-ethyl adjacent to an activating group) is 1. The summed E-state index contributed by atoms with van der Waals surface area (Å²) in [5, 5.41) is 14.1. The number of likely N-dealkylation sites (tertiary alicyclic amines) is 1. The first-order valence-corrected chi connectivity index (χ1v) is 7.67. The number of β-amino-alcohol motifs (C(OH)–C–C–N with tert-alkyl or cyclic N) is 1. The summed E-state index contributed by atoms with van der Waals surface area (Å²) in [5.41, 5.74) is 2.07. The maximum Gasteiger partial charge on any atom is 0.236 e. The van der Waals surface area contributed by atoms with E-state index in [4.69, 9.17) is 0 Å². The van der Waals surface area contributed by atoms with E-state index in [1.165, 1.54) is 0 Å². The molecule has 118 valence electrons. The molecule has 1 amide bonds. The van der Waals surface area contributed by atoms with E-state index in [-0.39, 0.29) is 12.0 Å².